The van der Waals surface area contributed by atoms with E-state index in [1.807, 2.05) is 0 Å². The number of imidazole rings is 1. The van der Waals surface area contributed by atoms with E-state index in [1.165, 1.54) is 6.33 Å². The summed E-state index contributed by atoms with van der Waals surface area (Å²) in [6, 6.07) is 0. The van der Waals surface area contributed by atoms with Gasteiger partial charge in [0.15, 0.2) is 11.4 Å². The summed E-state index contributed by atoms with van der Waals surface area (Å²) >= 11 is 0. The van der Waals surface area contributed by atoms with E-state index in [2.05, 4.69) is 23.8 Å². The number of carbonyl (C=O) groups excluding carboxylic acids is 1. The fourth-order valence-electron chi connectivity index (χ4n) is 2.37. The molecule has 0 aromatic carbocycles. The molecule has 0 atom stereocenters. The van der Waals surface area contributed by atoms with Crippen molar-refractivity contribution in [2.24, 2.45) is 5.41 Å². The topological polar surface area (TPSA) is 86.3 Å². The Bertz CT molecular complexity index is 479. The highest BCUT2D eigenvalue weighted by atomic mass is 16.4. The lowest BCUT2D eigenvalue weighted by Gasteiger charge is -2.37. The molecule has 0 spiro atoms. The molecule has 1 saturated heterocycles. The molecule has 6 nitrogen and oxygen atoms in total. The largest absolute Gasteiger partial charge is 0.477 e. The second-order valence-corrected chi connectivity index (χ2v) is 5.43. The summed E-state index contributed by atoms with van der Waals surface area (Å²) in [5.41, 5.74) is -0.0586. The minimum Gasteiger partial charge on any atom is -0.477 e. The minimum atomic E-state index is -1.16. The van der Waals surface area contributed by atoms with Gasteiger partial charge in [-0.25, -0.2) is 9.78 Å². The number of amides is 1. The number of likely N-dealkylation sites (tertiary alicyclic amines) is 1. The summed E-state index contributed by atoms with van der Waals surface area (Å²) in [7, 11) is 0. The van der Waals surface area contributed by atoms with Crippen LogP contribution in [0.2, 0.25) is 0 Å². The van der Waals surface area contributed by atoms with E-state index >= 15 is 0 Å². The van der Waals surface area contributed by atoms with E-state index in [4.69, 9.17) is 5.11 Å². The zero-order valence-electron chi connectivity index (χ0n) is 10.6. The van der Waals surface area contributed by atoms with E-state index in [0.29, 0.717) is 13.1 Å². The normalized spacial score (nSPS) is 18.7. The molecule has 6 heteroatoms. The van der Waals surface area contributed by atoms with Gasteiger partial charge in [0.05, 0.1) is 6.33 Å². The number of rotatable bonds is 2. The van der Waals surface area contributed by atoms with Crippen LogP contribution in [0.5, 0.6) is 0 Å². The van der Waals surface area contributed by atoms with Gasteiger partial charge in [-0.05, 0) is 18.3 Å². The predicted molar refractivity (Wildman–Crippen MR) is 64.5 cm³/mol. The number of H-pyrrole nitrogens is 1. The molecule has 0 radical (unpaired) electrons. The van der Waals surface area contributed by atoms with Crippen molar-refractivity contribution in [3.63, 3.8) is 0 Å². The highest BCUT2D eigenvalue weighted by Gasteiger charge is 2.32. The number of nitrogens with zero attached hydrogens (tertiary/aromatic N) is 2. The van der Waals surface area contributed by atoms with Crippen molar-refractivity contribution in [2.75, 3.05) is 13.1 Å². The molecule has 1 amide bonds. The minimum absolute atomic E-state index is 0.000185. The molecule has 18 heavy (non-hydrogen) atoms. The molecular weight excluding hydrogens is 234 g/mol. The van der Waals surface area contributed by atoms with Gasteiger partial charge in [0.1, 0.15) is 0 Å². The van der Waals surface area contributed by atoms with Crippen molar-refractivity contribution >= 4 is 11.9 Å². The van der Waals surface area contributed by atoms with Gasteiger partial charge in [0, 0.05) is 13.1 Å². The Hall–Kier alpha value is -1.85. The fraction of sp³-hybridized carbons (Fsp3) is 0.583. The van der Waals surface area contributed by atoms with Crippen LogP contribution in [0, 0.1) is 5.41 Å². The van der Waals surface area contributed by atoms with Gasteiger partial charge in [0.2, 0.25) is 0 Å². The van der Waals surface area contributed by atoms with Crippen molar-refractivity contribution in [2.45, 2.75) is 26.7 Å². The summed E-state index contributed by atoms with van der Waals surface area (Å²) in [5.74, 6) is -1.46. The number of aromatic amines is 1. The lowest BCUT2D eigenvalue weighted by molar-refractivity contribution is 0.0564. The lowest BCUT2D eigenvalue weighted by Crippen LogP contribution is -2.44. The first-order valence-electron chi connectivity index (χ1n) is 5.97. The summed E-state index contributed by atoms with van der Waals surface area (Å²) in [4.78, 5) is 31.2. The number of aromatic carboxylic acids is 1. The van der Waals surface area contributed by atoms with E-state index in [-0.39, 0.29) is 22.7 Å². The van der Waals surface area contributed by atoms with Crippen molar-refractivity contribution in [1.82, 2.24) is 14.9 Å². The first kappa shape index (κ1) is 12.6. The van der Waals surface area contributed by atoms with Crippen LogP contribution >= 0.6 is 0 Å². The molecule has 1 aliphatic rings. The van der Waals surface area contributed by atoms with Gasteiger partial charge >= 0.3 is 5.97 Å². The third-order valence-corrected chi connectivity index (χ3v) is 3.24. The zero-order chi connectivity index (χ0) is 13.3. The molecule has 0 aliphatic carbocycles. The Morgan fingerprint density at radius 3 is 2.83 bits per heavy atom. The maximum Gasteiger partial charge on any atom is 0.354 e. The van der Waals surface area contributed by atoms with Gasteiger partial charge in [-0.2, -0.15) is 0 Å². The molecule has 98 valence electrons. The van der Waals surface area contributed by atoms with Crippen LogP contribution < -0.4 is 0 Å². The van der Waals surface area contributed by atoms with Crippen LogP contribution in [-0.4, -0.2) is 44.9 Å². The number of nitrogens with one attached hydrogen (secondary N) is 1. The van der Waals surface area contributed by atoms with Crippen LogP contribution in [0.3, 0.4) is 0 Å². The molecule has 2 N–H and O–H groups in total. The van der Waals surface area contributed by atoms with Crippen LogP contribution in [0.4, 0.5) is 0 Å². The first-order chi connectivity index (χ1) is 8.41. The maximum absolute atomic E-state index is 12.3. The second kappa shape index (κ2) is 4.44. The third-order valence-electron chi connectivity index (χ3n) is 3.24. The van der Waals surface area contributed by atoms with Gasteiger partial charge < -0.3 is 15.0 Å². The molecule has 1 aromatic rings. The van der Waals surface area contributed by atoms with Gasteiger partial charge in [-0.15, -0.1) is 0 Å². The number of piperidine rings is 1. The molecule has 0 bridgehead atoms. The highest BCUT2D eigenvalue weighted by Crippen LogP contribution is 2.29. The predicted octanol–water partition coefficient (Wildman–Crippen LogP) is 1.37. The molecule has 1 fully saturated rings. The molecule has 1 aliphatic heterocycles. The lowest BCUT2D eigenvalue weighted by atomic mass is 9.84. The number of carboxylic acid groups (broad SMARTS) is 1. The zero-order valence-corrected chi connectivity index (χ0v) is 10.6. The Balaban J connectivity index is 2.21. The average Bonchev–Trinajstić information content (AvgIpc) is 2.75. The molecule has 2 rings (SSSR count). The number of aromatic nitrogens is 2. The average molecular weight is 251 g/mol. The summed E-state index contributed by atoms with van der Waals surface area (Å²) in [5, 5.41) is 8.96. The van der Waals surface area contributed by atoms with Crippen molar-refractivity contribution < 1.29 is 14.7 Å². The quantitative estimate of drug-likeness (QED) is 0.831. The van der Waals surface area contributed by atoms with E-state index < -0.39 is 5.97 Å². The van der Waals surface area contributed by atoms with Crippen molar-refractivity contribution in [3.8, 4) is 0 Å². The van der Waals surface area contributed by atoms with Crippen LogP contribution in [0.25, 0.3) is 0 Å². The fourth-order valence-corrected chi connectivity index (χ4v) is 2.37. The van der Waals surface area contributed by atoms with Gasteiger partial charge in [-0.1, -0.05) is 13.8 Å². The smallest absolute Gasteiger partial charge is 0.354 e. The first-order valence-corrected chi connectivity index (χ1v) is 5.97. The van der Waals surface area contributed by atoms with Gasteiger partial charge in [-0.3, -0.25) is 4.79 Å². The van der Waals surface area contributed by atoms with E-state index in [9.17, 15) is 9.59 Å². The summed E-state index contributed by atoms with van der Waals surface area (Å²) in [6.07, 6.45) is 3.25. The Kier molecular flexibility index (Phi) is 3.11. The molecular formula is C12H17N3O3. The van der Waals surface area contributed by atoms with E-state index in [0.717, 1.165) is 12.8 Å². The SMILES string of the molecule is CC1(C)CCCN(C(=O)c2nc[nH]c2C(=O)O)C1. The summed E-state index contributed by atoms with van der Waals surface area (Å²) in [6.45, 7) is 5.51. The maximum atomic E-state index is 12.3. The van der Waals surface area contributed by atoms with Crippen LogP contribution in [0.1, 0.15) is 47.7 Å². The van der Waals surface area contributed by atoms with Crippen molar-refractivity contribution in [3.05, 3.63) is 17.7 Å². The summed E-state index contributed by atoms with van der Waals surface area (Å²) < 4.78 is 0. The molecule has 0 saturated carbocycles. The van der Waals surface area contributed by atoms with Crippen LogP contribution in [-0.2, 0) is 0 Å². The Morgan fingerprint density at radius 1 is 1.50 bits per heavy atom. The monoisotopic (exact) mass is 251 g/mol. The Morgan fingerprint density at radius 2 is 2.22 bits per heavy atom. The van der Waals surface area contributed by atoms with E-state index in [1.54, 1.807) is 4.90 Å². The number of hydrogen-bond donors (Lipinski definition) is 2. The number of hydrogen-bond acceptors (Lipinski definition) is 3. The standard InChI is InChI=1S/C12H17N3O3/c1-12(2)4-3-5-15(6-12)10(16)8-9(11(17)18)14-7-13-8/h7H,3-6H2,1-2H3,(H,13,14)(H,17,18). The second-order valence-electron chi connectivity index (χ2n) is 5.43. The number of carboxylic acids is 1. The molecule has 0 unspecified atom stereocenters. The Labute approximate surface area is 105 Å². The number of carbonyl (C=O) groups is 2. The third kappa shape index (κ3) is 2.37. The van der Waals surface area contributed by atoms with Gasteiger partial charge in [0.25, 0.3) is 5.91 Å². The molecule has 2 heterocycles. The van der Waals surface area contributed by atoms with Crippen LogP contribution in [0.15, 0.2) is 6.33 Å². The highest BCUT2D eigenvalue weighted by molar-refractivity contribution is 6.02. The molecule has 1 aromatic heterocycles. The van der Waals surface area contributed by atoms with Crippen molar-refractivity contribution in [1.29, 1.82) is 0 Å².